The van der Waals surface area contributed by atoms with Gasteiger partial charge < -0.3 is 9.47 Å². The number of ketones is 1. The Kier molecular flexibility index (Phi) is 6.40. The molecule has 0 aliphatic heterocycles. The first-order valence-corrected chi connectivity index (χ1v) is 10.9. The van der Waals surface area contributed by atoms with E-state index < -0.39 is 5.91 Å². The first-order chi connectivity index (χ1) is 15.9. The highest BCUT2D eigenvalue weighted by Gasteiger charge is 2.28. The second-order valence-corrected chi connectivity index (χ2v) is 8.46. The molecule has 170 valence electrons. The summed E-state index contributed by atoms with van der Waals surface area (Å²) in [6, 6.07) is 13.3. The van der Waals surface area contributed by atoms with Crippen LogP contribution in [0.5, 0.6) is 11.5 Å². The van der Waals surface area contributed by atoms with Crippen molar-refractivity contribution in [2.24, 2.45) is 0 Å². The molecule has 2 aromatic carbocycles. The molecule has 1 aliphatic rings. The fourth-order valence-corrected chi connectivity index (χ4v) is 4.01. The van der Waals surface area contributed by atoms with Crippen molar-refractivity contribution in [3.8, 4) is 11.5 Å². The number of carbonyl (C=O) groups is 2. The molecule has 4 rings (SSSR count). The zero-order chi connectivity index (χ0) is 23.5. The molecule has 1 aliphatic carbocycles. The predicted octanol–water partition coefficient (Wildman–Crippen LogP) is 4.78. The van der Waals surface area contributed by atoms with Crippen molar-refractivity contribution < 1.29 is 19.1 Å². The van der Waals surface area contributed by atoms with Crippen LogP contribution >= 0.6 is 0 Å². The number of benzene rings is 2. The van der Waals surface area contributed by atoms with E-state index in [1.54, 1.807) is 18.2 Å². The summed E-state index contributed by atoms with van der Waals surface area (Å²) >= 11 is 0. The maximum atomic E-state index is 12.8. The fourth-order valence-electron chi connectivity index (χ4n) is 4.01. The first kappa shape index (κ1) is 22.5. The minimum absolute atomic E-state index is 0.0181. The van der Waals surface area contributed by atoms with E-state index in [9.17, 15) is 9.59 Å². The van der Waals surface area contributed by atoms with Gasteiger partial charge in [-0.05, 0) is 41.5 Å². The third-order valence-electron chi connectivity index (χ3n) is 5.95. The molecule has 33 heavy (non-hydrogen) atoms. The fraction of sp³-hybridized carbons (Fsp3) is 0.308. The van der Waals surface area contributed by atoms with Crippen molar-refractivity contribution in [1.29, 1.82) is 0 Å². The second kappa shape index (κ2) is 9.40. The van der Waals surface area contributed by atoms with Crippen molar-refractivity contribution in [1.82, 2.24) is 9.97 Å². The standard InChI is InChI=1S/C26H27N3O4/c1-15(2)16-5-7-17(8-6-16)18-11-23-22(24(30)12-18)14-27-26(28-23)29-25(31)19-9-20(32-3)13-21(10-19)33-4/h5-10,13-15,18H,11-12H2,1-4H3,(H,27,28,29,31)/t18-/m1/s1. The van der Waals surface area contributed by atoms with E-state index in [2.05, 4.69) is 53.4 Å². The maximum Gasteiger partial charge on any atom is 0.258 e. The minimum Gasteiger partial charge on any atom is -0.497 e. The third-order valence-corrected chi connectivity index (χ3v) is 5.95. The quantitative estimate of drug-likeness (QED) is 0.587. The summed E-state index contributed by atoms with van der Waals surface area (Å²) in [6.07, 6.45) is 2.54. The third kappa shape index (κ3) is 4.87. The van der Waals surface area contributed by atoms with E-state index in [0.29, 0.717) is 47.1 Å². The van der Waals surface area contributed by atoms with Gasteiger partial charge in [0.2, 0.25) is 5.95 Å². The number of ether oxygens (including phenoxy) is 2. The highest BCUT2D eigenvalue weighted by Crippen LogP contribution is 2.33. The van der Waals surface area contributed by atoms with Crippen LogP contribution in [0.3, 0.4) is 0 Å². The van der Waals surface area contributed by atoms with Crippen LogP contribution in [0.2, 0.25) is 0 Å². The maximum absolute atomic E-state index is 12.8. The Bertz CT molecular complexity index is 1170. The van der Waals surface area contributed by atoms with Crippen LogP contribution in [-0.2, 0) is 6.42 Å². The monoisotopic (exact) mass is 445 g/mol. The Morgan fingerprint density at radius 2 is 1.70 bits per heavy atom. The Morgan fingerprint density at radius 3 is 2.30 bits per heavy atom. The van der Waals surface area contributed by atoms with E-state index in [-0.39, 0.29) is 17.6 Å². The molecule has 7 heteroatoms. The lowest BCUT2D eigenvalue weighted by Gasteiger charge is -2.23. The number of hydrogen-bond donors (Lipinski definition) is 1. The van der Waals surface area contributed by atoms with Gasteiger partial charge in [0, 0.05) is 24.2 Å². The van der Waals surface area contributed by atoms with Crippen LogP contribution in [-0.4, -0.2) is 35.9 Å². The number of carbonyl (C=O) groups excluding carboxylic acids is 2. The molecule has 0 saturated carbocycles. The average molecular weight is 446 g/mol. The van der Waals surface area contributed by atoms with Gasteiger partial charge in [-0.15, -0.1) is 0 Å². The van der Waals surface area contributed by atoms with Crippen molar-refractivity contribution in [2.75, 3.05) is 19.5 Å². The van der Waals surface area contributed by atoms with Gasteiger partial charge in [-0.1, -0.05) is 38.1 Å². The van der Waals surface area contributed by atoms with Gasteiger partial charge in [-0.2, -0.15) is 0 Å². The number of amides is 1. The Morgan fingerprint density at radius 1 is 1.03 bits per heavy atom. The second-order valence-electron chi connectivity index (χ2n) is 8.46. The van der Waals surface area contributed by atoms with E-state index >= 15 is 0 Å². The van der Waals surface area contributed by atoms with Crippen LogP contribution in [0.15, 0.2) is 48.7 Å². The van der Waals surface area contributed by atoms with Gasteiger partial charge in [0.25, 0.3) is 5.91 Å². The van der Waals surface area contributed by atoms with Gasteiger partial charge in [0.15, 0.2) is 5.78 Å². The van der Waals surface area contributed by atoms with Crippen LogP contribution in [0.1, 0.15) is 69.6 Å². The molecule has 1 heterocycles. The van der Waals surface area contributed by atoms with Crippen LogP contribution in [0.4, 0.5) is 5.95 Å². The number of aromatic nitrogens is 2. The molecule has 0 unspecified atom stereocenters. The Balaban J connectivity index is 1.55. The Labute approximate surface area is 193 Å². The largest absolute Gasteiger partial charge is 0.497 e. The summed E-state index contributed by atoms with van der Waals surface area (Å²) < 4.78 is 10.5. The van der Waals surface area contributed by atoms with Crippen LogP contribution < -0.4 is 14.8 Å². The number of hydrogen-bond acceptors (Lipinski definition) is 6. The van der Waals surface area contributed by atoms with Gasteiger partial charge in [0.05, 0.1) is 25.5 Å². The number of rotatable bonds is 6. The number of Topliss-reactive ketones (excluding diaryl/α,β-unsaturated/α-hetero) is 1. The Hall–Kier alpha value is -3.74. The molecule has 0 saturated heterocycles. The normalized spacial score (nSPS) is 15.2. The van der Waals surface area contributed by atoms with Gasteiger partial charge in [-0.3, -0.25) is 14.9 Å². The van der Waals surface area contributed by atoms with E-state index in [1.807, 2.05) is 0 Å². The molecule has 1 N–H and O–H groups in total. The number of anilines is 1. The molecule has 7 nitrogen and oxygen atoms in total. The number of methoxy groups -OCH3 is 2. The molecule has 3 aromatic rings. The van der Waals surface area contributed by atoms with Crippen molar-refractivity contribution in [3.63, 3.8) is 0 Å². The molecule has 0 fully saturated rings. The van der Waals surface area contributed by atoms with Crippen molar-refractivity contribution >= 4 is 17.6 Å². The summed E-state index contributed by atoms with van der Waals surface area (Å²) in [4.78, 5) is 34.2. The summed E-state index contributed by atoms with van der Waals surface area (Å²) in [7, 11) is 3.04. The molecule has 1 atom stereocenters. The van der Waals surface area contributed by atoms with Crippen molar-refractivity contribution in [3.05, 3.63) is 76.6 Å². The van der Waals surface area contributed by atoms with E-state index in [0.717, 1.165) is 5.56 Å². The predicted molar refractivity (Wildman–Crippen MR) is 125 cm³/mol. The molecule has 0 bridgehead atoms. The summed E-state index contributed by atoms with van der Waals surface area (Å²) in [5.74, 6) is 1.29. The molecular formula is C26H27N3O4. The summed E-state index contributed by atoms with van der Waals surface area (Å²) in [6.45, 7) is 4.31. The number of nitrogens with zero attached hydrogens (tertiary/aromatic N) is 2. The number of nitrogens with one attached hydrogen (secondary N) is 1. The lowest BCUT2D eigenvalue weighted by atomic mass is 9.81. The topological polar surface area (TPSA) is 90.4 Å². The van der Waals surface area contributed by atoms with Crippen LogP contribution in [0.25, 0.3) is 0 Å². The summed E-state index contributed by atoms with van der Waals surface area (Å²) in [5, 5.41) is 2.72. The average Bonchev–Trinajstić information content (AvgIpc) is 2.83. The van der Waals surface area contributed by atoms with E-state index in [4.69, 9.17) is 9.47 Å². The SMILES string of the molecule is COc1cc(OC)cc(C(=O)Nc2ncc3c(n2)C[C@@H](c2ccc(C(C)C)cc2)CC3=O)c1. The minimum atomic E-state index is -0.393. The van der Waals surface area contributed by atoms with Gasteiger partial charge in [-0.25, -0.2) is 9.97 Å². The van der Waals surface area contributed by atoms with Crippen molar-refractivity contribution in [2.45, 2.75) is 38.5 Å². The lowest BCUT2D eigenvalue weighted by molar-refractivity contribution is 0.0962. The molecule has 1 aromatic heterocycles. The smallest absolute Gasteiger partial charge is 0.258 e. The molecular weight excluding hydrogens is 418 g/mol. The molecule has 1 amide bonds. The molecule has 0 spiro atoms. The number of fused-ring (bicyclic) bond motifs is 1. The van der Waals surface area contributed by atoms with Crippen LogP contribution in [0, 0.1) is 0 Å². The van der Waals surface area contributed by atoms with Gasteiger partial charge in [0.1, 0.15) is 11.5 Å². The lowest BCUT2D eigenvalue weighted by Crippen LogP contribution is -2.22. The van der Waals surface area contributed by atoms with Gasteiger partial charge >= 0.3 is 0 Å². The highest BCUT2D eigenvalue weighted by atomic mass is 16.5. The zero-order valence-corrected chi connectivity index (χ0v) is 19.2. The first-order valence-electron chi connectivity index (χ1n) is 10.9. The van der Waals surface area contributed by atoms with E-state index in [1.165, 1.54) is 26.0 Å². The highest BCUT2D eigenvalue weighted by molar-refractivity contribution is 6.04. The summed E-state index contributed by atoms with van der Waals surface area (Å²) in [5.41, 5.74) is 3.91. The molecule has 0 radical (unpaired) electrons. The zero-order valence-electron chi connectivity index (χ0n) is 19.2.